The molecule has 0 aliphatic rings. The first-order valence-electron chi connectivity index (χ1n) is 5.28. The summed E-state index contributed by atoms with van der Waals surface area (Å²) in [4.78, 5) is 2.29. The fourth-order valence-corrected chi connectivity index (χ4v) is 1.23. The highest BCUT2D eigenvalue weighted by Gasteiger charge is 2.23. The zero-order valence-corrected chi connectivity index (χ0v) is 10.2. The molecule has 0 aromatic rings. The summed E-state index contributed by atoms with van der Waals surface area (Å²) in [6, 6.07) is 0.528. The number of ether oxygens (including phenoxy) is 1. The molecule has 0 saturated carbocycles. The summed E-state index contributed by atoms with van der Waals surface area (Å²) in [5.41, 5.74) is 0.297. The van der Waals surface area contributed by atoms with Crippen molar-refractivity contribution < 1.29 is 9.84 Å². The molecule has 0 spiro atoms. The summed E-state index contributed by atoms with van der Waals surface area (Å²) in [7, 11) is 2.11. The van der Waals surface area contributed by atoms with Gasteiger partial charge < -0.3 is 14.7 Å². The molecule has 0 heterocycles. The minimum Gasteiger partial charge on any atom is -0.394 e. The Labute approximate surface area is 88.1 Å². The summed E-state index contributed by atoms with van der Waals surface area (Å²) >= 11 is 0. The van der Waals surface area contributed by atoms with Crippen molar-refractivity contribution in [2.45, 2.75) is 33.7 Å². The Bertz CT molecular complexity index is 143. The van der Waals surface area contributed by atoms with Crippen LogP contribution in [0.3, 0.4) is 0 Å². The Morgan fingerprint density at radius 2 is 1.86 bits per heavy atom. The molecule has 0 aromatic heterocycles. The van der Waals surface area contributed by atoms with Gasteiger partial charge in [-0.15, -0.1) is 0 Å². The van der Waals surface area contributed by atoms with Gasteiger partial charge in [-0.25, -0.2) is 0 Å². The van der Waals surface area contributed by atoms with E-state index in [9.17, 15) is 0 Å². The van der Waals surface area contributed by atoms with E-state index in [-0.39, 0.29) is 6.61 Å². The lowest BCUT2D eigenvalue weighted by Crippen LogP contribution is -2.41. The van der Waals surface area contributed by atoms with E-state index in [4.69, 9.17) is 9.84 Å². The van der Waals surface area contributed by atoms with Gasteiger partial charge in [0.05, 0.1) is 19.8 Å². The standard InChI is InChI=1S/C11H25NO2/c1-10(11(2,3)4)12(5)6-8-14-9-7-13/h10,13H,6-9H2,1-5H3. The maximum atomic E-state index is 8.53. The smallest absolute Gasteiger partial charge is 0.0698 e. The van der Waals surface area contributed by atoms with Gasteiger partial charge in [0.1, 0.15) is 0 Å². The van der Waals surface area contributed by atoms with Gasteiger partial charge in [-0.05, 0) is 19.4 Å². The maximum absolute atomic E-state index is 8.53. The fraction of sp³-hybridized carbons (Fsp3) is 1.00. The van der Waals surface area contributed by atoms with E-state index >= 15 is 0 Å². The molecular weight excluding hydrogens is 178 g/mol. The molecule has 0 fully saturated rings. The van der Waals surface area contributed by atoms with Crippen LogP contribution in [0.15, 0.2) is 0 Å². The Balaban J connectivity index is 3.68. The number of likely N-dealkylation sites (N-methyl/N-ethyl adjacent to an activating group) is 1. The van der Waals surface area contributed by atoms with Crippen LogP contribution in [0.5, 0.6) is 0 Å². The van der Waals surface area contributed by atoms with Crippen LogP contribution in [0.1, 0.15) is 27.7 Å². The second kappa shape index (κ2) is 6.38. The molecule has 1 atom stereocenters. The summed E-state index contributed by atoms with van der Waals surface area (Å²) in [6.07, 6.45) is 0. The average molecular weight is 203 g/mol. The van der Waals surface area contributed by atoms with Gasteiger partial charge >= 0.3 is 0 Å². The van der Waals surface area contributed by atoms with Crippen molar-refractivity contribution in [3.05, 3.63) is 0 Å². The number of hydrogen-bond acceptors (Lipinski definition) is 3. The van der Waals surface area contributed by atoms with Gasteiger partial charge in [0.2, 0.25) is 0 Å². The molecule has 0 amide bonds. The predicted molar refractivity (Wildman–Crippen MR) is 59.5 cm³/mol. The van der Waals surface area contributed by atoms with Crippen LogP contribution in [0.2, 0.25) is 0 Å². The SMILES string of the molecule is CC(N(C)CCOCCO)C(C)(C)C. The van der Waals surface area contributed by atoms with Crippen molar-refractivity contribution in [1.82, 2.24) is 4.90 Å². The first-order valence-corrected chi connectivity index (χ1v) is 5.28. The molecule has 3 heteroatoms. The second-order valence-electron chi connectivity index (χ2n) is 4.86. The lowest BCUT2D eigenvalue weighted by Gasteiger charge is -2.35. The highest BCUT2D eigenvalue weighted by molar-refractivity contribution is 4.77. The van der Waals surface area contributed by atoms with Crippen LogP contribution in [0, 0.1) is 5.41 Å². The van der Waals surface area contributed by atoms with E-state index in [1.54, 1.807) is 0 Å². The van der Waals surface area contributed by atoms with E-state index in [0.29, 0.717) is 24.7 Å². The zero-order valence-electron chi connectivity index (χ0n) is 10.2. The van der Waals surface area contributed by atoms with Crippen LogP contribution in [-0.4, -0.2) is 49.5 Å². The molecule has 14 heavy (non-hydrogen) atoms. The van der Waals surface area contributed by atoms with Crippen LogP contribution >= 0.6 is 0 Å². The third-order valence-electron chi connectivity index (χ3n) is 2.74. The third-order valence-corrected chi connectivity index (χ3v) is 2.74. The molecule has 0 bridgehead atoms. The van der Waals surface area contributed by atoms with Crippen LogP contribution in [0.4, 0.5) is 0 Å². The Kier molecular flexibility index (Phi) is 6.33. The minimum atomic E-state index is 0.110. The highest BCUT2D eigenvalue weighted by atomic mass is 16.5. The Morgan fingerprint density at radius 3 is 2.29 bits per heavy atom. The molecule has 86 valence electrons. The van der Waals surface area contributed by atoms with Crippen molar-refractivity contribution in [1.29, 1.82) is 0 Å². The molecule has 0 radical (unpaired) electrons. The summed E-state index contributed by atoms with van der Waals surface area (Å²) in [6.45, 7) is 11.1. The van der Waals surface area contributed by atoms with Crippen LogP contribution in [-0.2, 0) is 4.74 Å². The van der Waals surface area contributed by atoms with Crippen molar-refractivity contribution in [3.63, 3.8) is 0 Å². The van der Waals surface area contributed by atoms with Gasteiger partial charge in [-0.2, -0.15) is 0 Å². The number of hydrogen-bond donors (Lipinski definition) is 1. The Morgan fingerprint density at radius 1 is 1.29 bits per heavy atom. The normalized spacial score (nSPS) is 14.8. The molecule has 0 saturated heterocycles. The summed E-state index contributed by atoms with van der Waals surface area (Å²) in [5, 5.41) is 8.53. The second-order valence-corrected chi connectivity index (χ2v) is 4.86. The first kappa shape index (κ1) is 13.9. The monoisotopic (exact) mass is 203 g/mol. The summed E-state index contributed by atoms with van der Waals surface area (Å²) < 4.78 is 5.22. The predicted octanol–water partition coefficient (Wildman–Crippen LogP) is 1.36. The van der Waals surface area contributed by atoms with Gasteiger partial charge in [0.15, 0.2) is 0 Å². The van der Waals surface area contributed by atoms with Crippen LogP contribution < -0.4 is 0 Å². The fourth-order valence-electron chi connectivity index (χ4n) is 1.23. The van der Waals surface area contributed by atoms with Gasteiger partial charge in [0.25, 0.3) is 0 Å². The van der Waals surface area contributed by atoms with E-state index < -0.39 is 0 Å². The molecule has 0 rings (SSSR count). The lowest BCUT2D eigenvalue weighted by atomic mass is 9.87. The molecule has 1 N–H and O–H groups in total. The molecule has 0 aliphatic heterocycles. The first-order chi connectivity index (χ1) is 6.39. The maximum Gasteiger partial charge on any atom is 0.0698 e. The van der Waals surface area contributed by atoms with Crippen molar-refractivity contribution in [3.8, 4) is 0 Å². The topological polar surface area (TPSA) is 32.7 Å². The number of aliphatic hydroxyl groups is 1. The molecule has 0 aliphatic carbocycles. The quantitative estimate of drug-likeness (QED) is 0.662. The number of nitrogens with zero attached hydrogens (tertiary/aromatic N) is 1. The molecule has 1 unspecified atom stereocenters. The van der Waals surface area contributed by atoms with Gasteiger partial charge in [0, 0.05) is 12.6 Å². The molecular formula is C11H25NO2. The van der Waals surface area contributed by atoms with E-state index in [1.807, 2.05) is 0 Å². The zero-order chi connectivity index (χ0) is 11.2. The largest absolute Gasteiger partial charge is 0.394 e. The molecule has 0 aromatic carbocycles. The summed E-state index contributed by atoms with van der Waals surface area (Å²) in [5.74, 6) is 0. The highest BCUT2D eigenvalue weighted by Crippen LogP contribution is 2.22. The Hall–Kier alpha value is -0.120. The van der Waals surface area contributed by atoms with E-state index in [1.165, 1.54) is 0 Å². The lowest BCUT2D eigenvalue weighted by molar-refractivity contribution is 0.0564. The van der Waals surface area contributed by atoms with E-state index in [2.05, 4.69) is 39.6 Å². The average Bonchev–Trinajstić information content (AvgIpc) is 2.09. The van der Waals surface area contributed by atoms with Gasteiger partial charge in [-0.1, -0.05) is 20.8 Å². The molecule has 3 nitrogen and oxygen atoms in total. The van der Waals surface area contributed by atoms with E-state index in [0.717, 1.165) is 6.54 Å². The number of aliphatic hydroxyl groups excluding tert-OH is 1. The van der Waals surface area contributed by atoms with Crippen LogP contribution in [0.25, 0.3) is 0 Å². The van der Waals surface area contributed by atoms with Crippen molar-refractivity contribution in [2.75, 3.05) is 33.4 Å². The number of rotatable bonds is 6. The third kappa shape index (κ3) is 5.58. The van der Waals surface area contributed by atoms with Crippen molar-refractivity contribution >= 4 is 0 Å². The van der Waals surface area contributed by atoms with Gasteiger partial charge in [-0.3, -0.25) is 0 Å². The van der Waals surface area contributed by atoms with Crippen molar-refractivity contribution in [2.24, 2.45) is 5.41 Å². The minimum absolute atomic E-state index is 0.110.